The topological polar surface area (TPSA) is 68.3 Å². The number of benzene rings is 3. The van der Waals surface area contributed by atoms with Crippen molar-refractivity contribution < 1.29 is 13.2 Å². The van der Waals surface area contributed by atoms with Crippen molar-refractivity contribution in [3.63, 3.8) is 0 Å². The summed E-state index contributed by atoms with van der Waals surface area (Å²) in [5, 5.41) is 0.872. The molecule has 0 aliphatic heterocycles. The summed E-state index contributed by atoms with van der Waals surface area (Å²) in [4.78, 5) is 4.92. The summed E-state index contributed by atoms with van der Waals surface area (Å²) in [6.45, 7) is 1.78. The minimum absolute atomic E-state index is 0.277. The molecule has 7 heteroatoms. The number of hydrogen-bond acceptors (Lipinski definition) is 5. The average molecular weight is 411 g/mol. The molecular weight excluding hydrogens is 392 g/mol. The number of anilines is 1. The molecule has 1 N–H and O–H groups in total. The molecule has 0 amide bonds. The molecule has 142 valence electrons. The van der Waals surface area contributed by atoms with Gasteiger partial charge < -0.3 is 4.74 Å². The summed E-state index contributed by atoms with van der Waals surface area (Å²) < 4.78 is 34.2. The van der Waals surface area contributed by atoms with Gasteiger partial charge in [-0.2, -0.15) is 0 Å². The Morgan fingerprint density at radius 1 is 1.00 bits per heavy atom. The van der Waals surface area contributed by atoms with E-state index in [0.29, 0.717) is 11.3 Å². The second kappa shape index (κ2) is 7.26. The number of nitrogens with zero attached hydrogens (tertiary/aromatic N) is 1. The van der Waals surface area contributed by atoms with Crippen LogP contribution in [-0.2, 0) is 10.0 Å². The molecule has 0 saturated heterocycles. The number of fused-ring (bicyclic) bond motifs is 1. The third-order valence-corrected chi connectivity index (χ3v) is 6.97. The molecule has 3 aromatic carbocycles. The van der Waals surface area contributed by atoms with E-state index in [-0.39, 0.29) is 4.90 Å². The molecule has 0 fully saturated rings. The lowest BCUT2D eigenvalue weighted by molar-refractivity contribution is 0.415. The zero-order valence-corrected chi connectivity index (χ0v) is 17.0. The van der Waals surface area contributed by atoms with E-state index in [1.165, 1.54) is 0 Å². The van der Waals surface area contributed by atoms with E-state index in [0.717, 1.165) is 26.5 Å². The first kappa shape index (κ1) is 18.5. The summed E-state index contributed by atoms with van der Waals surface area (Å²) in [5.41, 5.74) is 3.05. The predicted octanol–water partition coefficient (Wildman–Crippen LogP) is 5.08. The average Bonchev–Trinajstić information content (AvgIpc) is 3.11. The Morgan fingerprint density at radius 3 is 2.46 bits per heavy atom. The zero-order chi connectivity index (χ0) is 19.7. The summed E-state index contributed by atoms with van der Waals surface area (Å²) >= 11 is 1.57. The van der Waals surface area contributed by atoms with Crippen LogP contribution >= 0.6 is 11.3 Å². The number of rotatable bonds is 5. The van der Waals surface area contributed by atoms with Crippen LogP contribution in [0.5, 0.6) is 5.75 Å². The minimum Gasteiger partial charge on any atom is -0.497 e. The molecule has 1 aromatic heterocycles. The fourth-order valence-electron chi connectivity index (χ4n) is 2.90. The van der Waals surface area contributed by atoms with Gasteiger partial charge in [0.05, 0.1) is 22.2 Å². The Labute approximate surface area is 167 Å². The predicted molar refractivity (Wildman–Crippen MR) is 114 cm³/mol. The number of ether oxygens (including phenoxy) is 1. The van der Waals surface area contributed by atoms with Gasteiger partial charge in [-0.3, -0.25) is 4.72 Å². The standard InChI is InChI=1S/C21H18N2O3S2/c1-14-5-3-4-6-20(14)28(24,25)23-16-9-7-15(8-10-16)21-22-18-12-11-17(26-2)13-19(18)27-21/h3-13,23H,1-2H3. The van der Waals surface area contributed by atoms with E-state index in [1.54, 1.807) is 55.7 Å². The largest absolute Gasteiger partial charge is 0.497 e. The van der Waals surface area contributed by atoms with Gasteiger partial charge in [-0.05, 0) is 61.0 Å². The molecule has 4 rings (SSSR count). The van der Waals surface area contributed by atoms with Gasteiger partial charge in [0, 0.05) is 11.3 Å². The van der Waals surface area contributed by atoms with Crippen molar-refractivity contribution in [1.82, 2.24) is 4.98 Å². The summed E-state index contributed by atoms with van der Waals surface area (Å²) in [6, 6.07) is 19.9. The maximum absolute atomic E-state index is 12.6. The maximum Gasteiger partial charge on any atom is 0.262 e. The van der Waals surface area contributed by atoms with E-state index in [2.05, 4.69) is 9.71 Å². The fourth-order valence-corrected chi connectivity index (χ4v) is 5.21. The summed E-state index contributed by atoms with van der Waals surface area (Å²) in [5.74, 6) is 0.795. The monoisotopic (exact) mass is 410 g/mol. The number of sulfonamides is 1. The number of thiazole rings is 1. The molecule has 5 nitrogen and oxygen atoms in total. The number of aromatic nitrogens is 1. The maximum atomic E-state index is 12.6. The van der Waals surface area contributed by atoms with Crippen molar-refractivity contribution in [2.24, 2.45) is 0 Å². The van der Waals surface area contributed by atoms with Gasteiger partial charge in [0.2, 0.25) is 0 Å². The van der Waals surface area contributed by atoms with Crippen molar-refractivity contribution in [3.8, 4) is 16.3 Å². The van der Waals surface area contributed by atoms with Crippen molar-refractivity contribution in [3.05, 3.63) is 72.3 Å². The molecule has 0 spiro atoms. The van der Waals surface area contributed by atoms with Gasteiger partial charge >= 0.3 is 0 Å². The van der Waals surface area contributed by atoms with Crippen LogP contribution in [0.15, 0.2) is 71.6 Å². The van der Waals surface area contributed by atoms with E-state index in [1.807, 2.05) is 36.4 Å². The molecule has 0 saturated carbocycles. The molecule has 4 aromatic rings. The molecular formula is C21H18N2O3S2. The Hall–Kier alpha value is -2.90. The molecule has 1 heterocycles. The highest BCUT2D eigenvalue weighted by Gasteiger charge is 2.16. The van der Waals surface area contributed by atoms with Crippen molar-refractivity contribution in [1.29, 1.82) is 0 Å². The highest BCUT2D eigenvalue weighted by atomic mass is 32.2. The Kier molecular flexibility index (Phi) is 4.78. The SMILES string of the molecule is COc1ccc2nc(-c3ccc(NS(=O)(=O)c4ccccc4C)cc3)sc2c1. The van der Waals surface area contributed by atoms with Crippen molar-refractivity contribution >= 4 is 37.3 Å². The first-order valence-corrected chi connectivity index (χ1v) is 10.9. The lowest BCUT2D eigenvalue weighted by Crippen LogP contribution is -2.14. The molecule has 0 radical (unpaired) electrons. The molecule has 0 unspecified atom stereocenters. The fraction of sp³-hybridized carbons (Fsp3) is 0.0952. The summed E-state index contributed by atoms with van der Waals surface area (Å²) in [6.07, 6.45) is 0. The van der Waals surface area contributed by atoms with E-state index in [4.69, 9.17) is 4.74 Å². The van der Waals surface area contributed by atoms with Crippen molar-refractivity contribution in [2.45, 2.75) is 11.8 Å². The second-order valence-electron chi connectivity index (χ2n) is 6.30. The van der Waals surface area contributed by atoms with Crippen LogP contribution in [0.3, 0.4) is 0 Å². The number of hydrogen-bond donors (Lipinski definition) is 1. The Morgan fingerprint density at radius 2 is 1.75 bits per heavy atom. The molecule has 0 aliphatic carbocycles. The van der Waals surface area contributed by atoms with Gasteiger partial charge in [-0.25, -0.2) is 13.4 Å². The van der Waals surface area contributed by atoms with Gasteiger partial charge in [0.1, 0.15) is 10.8 Å². The van der Waals surface area contributed by atoms with Crippen LogP contribution in [0.25, 0.3) is 20.8 Å². The lowest BCUT2D eigenvalue weighted by atomic mass is 10.2. The normalized spacial score (nSPS) is 11.5. The van der Waals surface area contributed by atoms with Crippen molar-refractivity contribution in [2.75, 3.05) is 11.8 Å². The quantitative estimate of drug-likeness (QED) is 0.498. The molecule has 0 aliphatic rings. The third-order valence-electron chi connectivity index (χ3n) is 4.36. The second-order valence-corrected chi connectivity index (χ2v) is 8.98. The number of aryl methyl sites for hydroxylation is 1. The smallest absolute Gasteiger partial charge is 0.262 e. The van der Waals surface area contributed by atoms with Crippen LogP contribution in [0, 0.1) is 6.92 Å². The number of methoxy groups -OCH3 is 1. The zero-order valence-electron chi connectivity index (χ0n) is 15.3. The Bertz CT molecular complexity index is 1250. The van der Waals surface area contributed by atoms with Gasteiger partial charge in [-0.1, -0.05) is 18.2 Å². The Balaban J connectivity index is 1.60. The highest BCUT2D eigenvalue weighted by molar-refractivity contribution is 7.92. The van der Waals surface area contributed by atoms with Crippen LogP contribution in [0.2, 0.25) is 0 Å². The van der Waals surface area contributed by atoms with Crippen LogP contribution in [-0.4, -0.2) is 20.5 Å². The molecule has 0 bridgehead atoms. The summed E-state index contributed by atoms with van der Waals surface area (Å²) in [7, 11) is -1.99. The van der Waals surface area contributed by atoms with Gasteiger partial charge in [-0.15, -0.1) is 11.3 Å². The number of nitrogens with one attached hydrogen (secondary N) is 1. The minimum atomic E-state index is -3.63. The third kappa shape index (κ3) is 3.58. The van der Waals surface area contributed by atoms with Crippen LogP contribution in [0.1, 0.15) is 5.56 Å². The van der Waals surface area contributed by atoms with Crippen LogP contribution < -0.4 is 9.46 Å². The van der Waals surface area contributed by atoms with E-state index in [9.17, 15) is 8.42 Å². The highest BCUT2D eigenvalue weighted by Crippen LogP contribution is 2.33. The van der Waals surface area contributed by atoms with Crippen LogP contribution in [0.4, 0.5) is 5.69 Å². The van der Waals surface area contributed by atoms with E-state index < -0.39 is 10.0 Å². The lowest BCUT2D eigenvalue weighted by Gasteiger charge is -2.10. The van der Waals surface area contributed by atoms with Gasteiger partial charge in [0.15, 0.2) is 0 Å². The molecule has 0 atom stereocenters. The first-order valence-electron chi connectivity index (χ1n) is 8.60. The van der Waals surface area contributed by atoms with Gasteiger partial charge in [0.25, 0.3) is 10.0 Å². The first-order chi connectivity index (χ1) is 13.5. The molecule has 28 heavy (non-hydrogen) atoms. The van der Waals surface area contributed by atoms with E-state index >= 15 is 0 Å².